The van der Waals surface area contributed by atoms with Crippen LogP contribution in [0.1, 0.15) is 26.7 Å². The van der Waals surface area contributed by atoms with Crippen molar-refractivity contribution < 1.29 is 4.79 Å². The summed E-state index contributed by atoms with van der Waals surface area (Å²) >= 11 is 0. The Hall–Kier alpha value is -0.200. The van der Waals surface area contributed by atoms with E-state index in [0.29, 0.717) is 12.2 Å². The third kappa shape index (κ3) is 3.18. The average Bonchev–Trinajstić information content (AvgIpc) is 2.27. The topological polar surface area (TPSA) is 20.3 Å². The molecule has 0 amide bonds. The molecule has 3 heteroatoms. The van der Waals surface area contributed by atoms with Crippen LogP contribution >= 0.6 is 8.73 Å². The van der Waals surface area contributed by atoms with E-state index in [2.05, 4.69) is 25.1 Å². The number of rotatable bonds is 3. The lowest BCUT2D eigenvalue weighted by molar-refractivity contribution is -0.119. The van der Waals surface area contributed by atoms with Crippen molar-refractivity contribution in [3.05, 3.63) is 12.7 Å². The Balaban J connectivity index is 2.68. The molecule has 14 heavy (non-hydrogen) atoms. The molecule has 1 heterocycles. The first-order chi connectivity index (χ1) is 6.59. The fourth-order valence-electron chi connectivity index (χ4n) is 1.86. The van der Waals surface area contributed by atoms with Crippen LogP contribution in [0.25, 0.3) is 0 Å². The second-order valence-electron chi connectivity index (χ2n) is 4.26. The van der Waals surface area contributed by atoms with Gasteiger partial charge in [-0.05, 0) is 6.16 Å². The second kappa shape index (κ2) is 5.04. The first-order valence-electron chi connectivity index (χ1n) is 5.23. The van der Waals surface area contributed by atoms with Crippen molar-refractivity contribution in [2.45, 2.75) is 26.7 Å². The van der Waals surface area contributed by atoms with Crippen LogP contribution in [0.2, 0.25) is 0 Å². The Morgan fingerprint density at radius 1 is 1.71 bits per heavy atom. The molecule has 0 aromatic rings. The van der Waals surface area contributed by atoms with Gasteiger partial charge in [0.1, 0.15) is 5.78 Å². The van der Waals surface area contributed by atoms with Crippen molar-refractivity contribution in [1.82, 2.24) is 4.67 Å². The molecular formula is C11H20NOP. The molecule has 1 fully saturated rings. The average molecular weight is 213 g/mol. The molecule has 2 nitrogen and oxygen atoms in total. The first kappa shape index (κ1) is 11.9. The molecule has 2 unspecified atom stereocenters. The van der Waals surface area contributed by atoms with Gasteiger partial charge < -0.3 is 0 Å². The zero-order valence-electron chi connectivity index (χ0n) is 9.18. The van der Waals surface area contributed by atoms with Crippen LogP contribution in [-0.4, -0.2) is 29.7 Å². The minimum atomic E-state index is -0.00421. The smallest absolute Gasteiger partial charge is 0.135 e. The highest BCUT2D eigenvalue weighted by atomic mass is 31.1. The minimum Gasteiger partial charge on any atom is -0.300 e. The highest BCUT2D eigenvalue weighted by Gasteiger charge is 2.29. The Bertz CT molecular complexity index is 229. The van der Waals surface area contributed by atoms with Crippen molar-refractivity contribution in [3.63, 3.8) is 0 Å². The predicted octanol–water partition coefficient (Wildman–Crippen LogP) is 2.46. The quantitative estimate of drug-likeness (QED) is 0.530. The molecule has 1 saturated heterocycles. The highest BCUT2D eigenvalue weighted by molar-refractivity contribution is 7.35. The SMILES string of the molecule is C=CC1(C)CC(=O)CCN(PCC)C1. The standard InChI is InChI=1S/C11H20NOP/c1-4-11(3)8-10(13)6-7-12(9-11)14-5-2/h4,14H,1,5-9H2,2-3H3. The van der Waals surface area contributed by atoms with E-state index in [-0.39, 0.29) is 5.41 Å². The molecule has 0 aromatic heterocycles. The van der Waals surface area contributed by atoms with E-state index in [9.17, 15) is 4.79 Å². The third-order valence-corrected chi connectivity index (χ3v) is 3.83. The number of Topliss-reactive ketones (excluding diaryl/α,β-unsaturated/α-hetero) is 1. The summed E-state index contributed by atoms with van der Waals surface area (Å²) in [4.78, 5) is 11.5. The highest BCUT2D eigenvalue weighted by Crippen LogP contribution is 2.32. The van der Waals surface area contributed by atoms with Gasteiger partial charge in [0.05, 0.1) is 0 Å². The van der Waals surface area contributed by atoms with E-state index in [1.165, 1.54) is 6.16 Å². The van der Waals surface area contributed by atoms with Gasteiger partial charge in [-0.2, -0.15) is 0 Å². The Morgan fingerprint density at radius 2 is 2.43 bits per heavy atom. The minimum absolute atomic E-state index is 0.00421. The van der Waals surface area contributed by atoms with E-state index in [4.69, 9.17) is 0 Å². The van der Waals surface area contributed by atoms with Gasteiger partial charge >= 0.3 is 0 Å². The molecule has 0 N–H and O–H groups in total. The lowest BCUT2D eigenvalue weighted by Gasteiger charge is -2.29. The van der Waals surface area contributed by atoms with Crippen LogP contribution in [0, 0.1) is 5.41 Å². The number of hydrogen-bond acceptors (Lipinski definition) is 2. The van der Waals surface area contributed by atoms with Crippen LogP contribution in [0.4, 0.5) is 0 Å². The fourth-order valence-corrected chi connectivity index (χ4v) is 3.05. The summed E-state index contributed by atoms with van der Waals surface area (Å²) in [5.74, 6) is 0.385. The summed E-state index contributed by atoms with van der Waals surface area (Å²) in [5, 5.41) is 0. The molecular weight excluding hydrogens is 193 g/mol. The Morgan fingerprint density at radius 3 is 3.00 bits per heavy atom. The predicted molar refractivity (Wildman–Crippen MR) is 63.0 cm³/mol. The van der Waals surface area contributed by atoms with E-state index < -0.39 is 0 Å². The molecule has 0 bridgehead atoms. The molecule has 1 aliphatic rings. The maximum atomic E-state index is 11.5. The molecule has 2 atom stereocenters. The van der Waals surface area contributed by atoms with Crippen molar-refractivity contribution in [2.24, 2.45) is 5.41 Å². The summed E-state index contributed by atoms with van der Waals surface area (Å²) in [6.07, 6.45) is 4.52. The fraction of sp³-hybridized carbons (Fsp3) is 0.727. The van der Waals surface area contributed by atoms with Crippen molar-refractivity contribution in [2.75, 3.05) is 19.3 Å². The van der Waals surface area contributed by atoms with E-state index in [1.807, 2.05) is 6.08 Å². The van der Waals surface area contributed by atoms with Gasteiger partial charge in [-0.15, -0.1) is 6.58 Å². The van der Waals surface area contributed by atoms with Gasteiger partial charge in [0.15, 0.2) is 0 Å². The molecule has 1 rings (SSSR count). The van der Waals surface area contributed by atoms with Gasteiger partial charge in [0.25, 0.3) is 0 Å². The van der Waals surface area contributed by atoms with E-state index >= 15 is 0 Å². The summed E-state index contributed by atoms with van der Waals surface area (Å²) < 4.78 is 2.41. The number of hydrogen-bond donors (Lipinski definition) is 0. The van der Waals surface area contributed by atoms with Gasteiger partial charge in [-0.1, -0.05) is 28.7 Å². The summed E-state index contributed by atoms with van der Waals surface area (Å²) in [6, 6.07) is 0. The Labute approximate surface area is 88.6 Å². The molecule has 1 aliphatic heterocycles. The van der Waals surface area contributed by atoms with Crippen LogP contribution in [-0.2, 0) is 4.79 Å². The molecule has 0 aromatic carbocycles. The van der Waals surface area contributed by atoms with Crippen LogP contribution < -0.4 is 0 Å². The Kier molecular flexibility index (Phi) is 4.28. The maximum absolute atomic E-state index is 11.5. The number of nitrogens with zero attached hydrogens (tertiary/aromatic N) is 1. The molecule has 0 spiro atoms. The second-order valence-corrected chi connectivity index (χ2v) is 5.91. The zero-order valence-corrected chi connectivity index (χ0v) is 10.2. The molecule has 80 valence electrons. The normalized spacial score (nSPS) is 30.9. The van der Waals surface area contributed by atoms with Crippen molar-refractivity contribution in [1.29, 1.82) is 0 Å². The lowest BCUT2D eigenvalue weighted by Crippen LogP contribution is -2.28. The van der Waals surface area contributed by atoms with Crippen LogP contribution in [0.3, 0.4) is 0 Å². The third-order valence-electron chi connectivity index (χ3n) is 2.69. The number of carbonyl (C=O) groups is 1. The molecule has 0 aliphatic carbocycles. The summed E-state index contributed by atoms with van der Waals surface area (Å²) in [6.45, 7) is 10.1. The van der Waals surface area contributed by atoms with Gasteiger partial charge in [0, 0.05) is 31.3 Å². The van der Waals surface area contributed by atoms with Gasteiger partial charge in [-0.3, -0.25) is 9.46 Å². The van der Waals surface area contributed by atoms with E-state index in [1.54, 1.807) is 0 Å². The van der Waals surface area contributed by atoms with Gasteiger partial charge in [0.2, 0.25) is 0 Å². The lowest BCUT2D eigenvalue weighted by atomic mass is 9.85. The largest absolute Gasteiger partial charge is 0.300 e. The monoisotopic (exact) mass is 213 g/mol. The first-order valence-corrected chi connectivity index (χ1v) is 6.39. The van der Waals surface area contributed by atoms with Crippen LogP contribution in [0.15, 0.2) is 12.7 Å². The van der Waals surface area contributed by atoms with Gasteiger partial charge in [-0.25, -0.2) is 0 Å². The molecule has 0 radical (unpaired) electrons. The maximum Gasteiger partial charge on any atom is 0.135 e. The summed E-state index contributed by atoms with van der Waals surface area (Å²) in [7, 11) is 0.852. The zero-order chi connectivity index (χ0) is 10.6. The summed E-state index contributed by atoms with van der Waals surface area (Å²) in [5.41, 5.74) is -0.00421. The van der Waals surface area contributed by atoms with Crippen molar-refractivity contribution in [3.8, 4) is 0 Å². The molecule has 0 saturated carbocycles. The number of ketones is 1. The van der Waals surface area contributed by atoms with Crippen molar-refractivity contribution >= 4 is 14.5 Å². The number of carbonyl (C=O) groups excluding carboxylic acids is 1. The van der Waals surface area contributed by atoms with Crippen LogP contribution in [0.5, 0.6) is 0 Å². The van der Waals surface area contributed by atoms with E-state index in [0.717, 1.165) is 28.2 Å².